The molecule has 3 aliphatic carbocycles. The highest BCUT2D eigenvalue weighted by atomic mass is 16.5. The van der Waals surface area contributed by atoms with Gasteiger partial charge in [-0.1, -0.05) is 47.5 Å². The van der Waals surface area contributed by atoms with Gasteiger partial charge in [0.25, 0.3) is 0 Å². The van der Waals surface area contributed by atoms with Crippen molar-refractivity contribution in [3.63, 3.8) is 0 Å². The number of rotatable bonds is 4. The van der Waals surface area contributed by atoms with Crippen LogP contribution in [0.15, 0.2) is 0 Å². The Morgan fingerprint density at radius 3 is 1.87 bits per heavy atom. The molecular formula is C28H52O2. The summed E-state index contributed by atoms with van der Waals surface area (Å²) in [6.07, 6.45) is 17.0. The van der Waals surface area contributed by atoms with Crippen LogP contribution in [0.25, 0.3) is 0 Å². The average molecular weight is 421 g/mol. The third kappa shape index (κ3) is 6.03. The second-order valence-corrected chi connectivity index (χ2v) is 11.4. The molecule has 4 rings (SSSR count). The van der Waals surface area contributed by atoms with Crippen LogP contribution in [-0.4, -0.2) is 24.9 Å². The molecule has 0 aromatic rings. The lowest BCUT2D eigenvalue weighted by molar-refractivity contribution is -0.166. The molecule has 3 saturated carbocycles. The summed E-state index contributed by atoms with van der Waals surface area (Å²) in [6, 6.07) is 0. The van der Waals surface area contributed by atoms with E-state index in [9.17, 15) is 0 Å². The molecule has 4 aliphatic rings. The van der Waals surface area contributed by atoms with Crippen molar-refractivity contribution in [2.24, 2.45) is 41.4 Å². The Balaban J connectivity index is 0.00000124. The number of hydrogen-bond donors (Lipinski definition) is 0. The summed E-state index contributed by atoms with van der Waals surface area (Å²) in [4.78, 5) is 0. The van der Waals surface area contributed by atoms with Crippen LogP contribution >= 0.6 is 0 Å². The summed E-state index contributed by atoms with van der Waals surface area (Å²) in [5.41, 5.74) is 0. The summed E-state index contributed by atoms with van der Waals surface area (Å²) in [6.45, 7) is 14.5. The van der Waals surface area contributed by atoms with Crippen molar-refractivity contribution in [2.45, 2.75) is 130 Å². The van der Waals surface area contributed by atoms with Crippen LogP contribution in [0.3, 0.4) is 0 Å². The standard InChI is InChI=1S/C26H46O2.C2H6/c1-17-5-10-22(11-6-17)23-13-8-21(9-14-23)16-27-25-15-24-12-7-18(2)28-26(24)20(4)19(25)3;1-2/h17-26H,5-16H2,1-4H3;1-2H3. The van der Waals surface area contributed by atoms with Crippen LogP contribution in [0.2, 0.25) is 0 Å². The van der Waals surface area contributed by atoms with E-state index in [1.807, 2.05) is 13.8 Å². The molecule has 1 heterocycles. The van der Waals surface area contributed by atoms with Gasteiger partial charge in [0.05, 0.1) is 18.3 Å². The van der Waals surface area contributed by atoms with Gasteiger partial charge >= 0.3 is 0 Å². The topological polar surface area (TPSA) is 18.5 Å². The Kier molecular flexibility index (Phi) is 9.57. The highest BCUT2D eigenvalue weighted by Gasteiger charge is 2.44. The van der Waals surface area contributed by atoms with Crippen LogP contribution in [0.5, 0.6) is 0 Å². The maximum absolute atomic E-state index is 6.62. The third-order valence-corrected chi connectivity index (χ3v) is 9.43. The van der Waals surface area contributed by atoms with Gasteiger partial charge in [0.15, 0.2) is 0 Å². The quantitative estimate of drug-likeness (QED) is 0.460. The Labute approximate surface area is 188 Å². The van der Waals surface area contributed by atoms with E-state index >= 15 is 0 Å². The third-order valence-electron chi connectivity index (χ3n) is 9.43. The van der Waals surface area contributed by atoms with Gasteiger partial charge in [-0.2, -0.15) is 0 Å². The Morgan fingerprint density at radius 2 is 1.23 bits per heavy atom. The number of hydrogen-bond acceptors (Lipinski definition) is 2. The second kappa shape index (κ2) is 11.7. The van der Waals surface area contributed by atoms with Crippen LogP contribution in [0.4, 0.5) is 0 Å². The van der Waals surface area contributed by atoms with Crippen LogP contribution in [0, 0.1) is 41.4 Å². The minimum atomic E-state index is 0.455. The minimum absolute atomic E-state index is 0.455. The Hall–Kier alpha value is -0.0800. The van der Waals surface area contributed by atoms with E-state index in [-0.39, 0.29) is 0 Å². The van der Waals surface area contributed by atoms with Crippen LogP contribution in [-0.2, 0) is 9.47 Å². The predicted octanol–water partition coefficient (Wildman–Crippen LogP) is 7.89. The van der Waals surface area contributed by atoms with Crippen molar-refractivity contribution in [3.8, 4) is 0 Å². The first kappa shape index (κ1) is 24.6. The lowest BCUT2D eigenvalue weighted by Gasteiger charge is -2.48. The molecule has 0 bridgehead atoms. The summed E-state index contributed by atoms with van der Waals surface area (Å²) in [7, 11) is 0. The zero-order chi connectivity index (χ0) is 21.7. The largest absolute Gasteiger partial charge is 0.378 e. The second-order valence-electron chi connectivity index (χ2n) is 11.4. The van der Waals surface area contributed by atoms with Gasteiger partial charge in [0.2, 0.25) is 0 Å². The molecular weight excluding hydrogens is 368 g/mol. The number of ether oxygens (including phenoxy) is 2. The monoisotopic (exact) mass is 420 g/mol. The first-order chi connectivity index (χ1) is 14.5. The zero-order valence-corrected chi connectivity index (χ0v) is 21.1. The molecule has 0 amide bonds. The molecule has 6 unspecified atom stereocenters. The van der Waals surface area contributed by atoms with Crippen LogP contribution in [0.1, 0.15) is 112 Å². The van der Waals surface area contributed by atoms with Crippen molar-refractivity contribution < 1.29 is 9.47 Å². The van der Waals surface area contributed by atoms with Crippen molar-refractivity contribution in [3.05, 3.63) is 0 Å². The average Bonchev–Trinajstić information content (AvgIpc) is 2.78. The molecule has 4 fully saturated rings. The van der Waals surface area contributed by atoms with E-state index in [4.69, 9.17) is 9.47 Å². The van der Waals surface area contributed by atoms with Gasteiger partial charge in [-0.25, -0.2) is 0 Å². The lowest BCUT2D eigenvalue weighted by atomic mass is 9.68. The summed E-state index contributed by atoms with van der Waals surface area (Å²) >= 11 is 0. The van der Waals surface area contributed by atoms with Gasteiger partial charge < -0.3 is 9.47 Å². The highest BCUT2D eigenvalue weighted by molar-refractivity contribution is 4.93. The molecule has 2 nitrogen and oxygen atoms in total. The molecule has 30 heavy (non-hydrogen) atoms. The lowest BCUT2D eigenvalue weighted by Crippen LogP contribution is -2.50. The summed E-state index contributed by atoms with van der Waals surface area (Å²) < 4.78 is 13.0. The van der Waals surface area contributed by atoms with E-state index < -0.39 is 0 Å². The van der Waals surface area contributed by atoms with Crippen molar-refractivity contribution in [1.82, 2.24) is 0 Å². The smallest absolute Gasteiger partial charge is 0.0636 e. The molecule has 1 aliphatic heterocycles. The van der Waals surface area contributed by atoms with Crippen molar-refractivity contribution in [1.29, 1.82) is 0 Å². The molecule has 0 aromatic carbocycles. The van der Waals surface area contributed by atoms with Gasteiger partial charge in [-0.15, -0.1) is 0 Å². The van der Waals surface area contributed by atoms with Gasteiger partial charge in [-0.3, -0.25) is 0 Å². The van der Waals surface area contributed by atoms with Gasteiger partial charge in [0.1, 0.15) is 0 Å². The van der Waals surface area contributed by atoms with E-state index in [1.165, 1.54) is 70.6 Å². The van der Waals surface area contributed by atoms with E-state index in [2.05, 4.69) is 27.7 Å². The maximum atomic E-state index is 6.62. The van der Waals surface area contributed by atoms with E-state index in [1.54, 1.807) is 0 Å². The highest BCUT2D eigenvalue weighted by Crippen LogP contribution is 2.44. The summed E-state index contributed by atoms with van der Waals surface area (Å²) in [5, 5.41) is 0. The molecule has 2 heteroatoms. The maximum Gasteiger partial charge on any atom is 0.0636 e. The first-order valence-electron chi connectivity index (χ1n) is 13.8. The first-order valence-corrected chi connectivity index (χ1v) is 13.8. The SMILES string of the molecule is CC.CC1CCC(C2CCC(COC3CC4CCC(C)OC4C(C)C3C)CC2)CC1. The zero-order valence-electron chi connectivity index (χ0n) is 21.1. The van der Waals surface area contributed by atoms with Gasteiger partial charge in [-0.05, 0) is 106 Å². The number of fused-ring (bicyclic) bond motifs is 1. The molecule has 0 N–H and O–H groups in total. The molecule has 0 spiro atoms. The Bertz CT molecular complexity index is 473. The van der Waals surface area contributed by atoms with Crippen molar-refractivity contribution in [2.75, 3.05) is 6.61 Å². The molecule has 176 valence electrons. The fraction of sp³-hybridized carbons (Fsp3) is 1.00. The summed E-state index contributed by atoms with van der Waals surface area (Å²) in [5.74, 6) is 5.88. The van der Waals surface area contributed by atoms with E-state index in [0.29, 0.717) is 30.1 Å². The van der Waals surface area contributed by atoms with E-state index in [0.717, 1.165) is 36.2 Å². The minimum Gasteiger partial charge on any atom is -0.378 e. The van der Waals surface area contributed by atoms with Gasteiger partial charge in [0, 0.05) is 6.61 Å². The van der Waals surface area contributed by atoms with Crippen molar-refractivity contribution >= 4 is 0 Å². The Morgan fingerprint density at radius 1 is 0.667 bits per heavy atom. The normalized spacial score (nSPS) is 47.0. The molecule has 0 radical (unpaired) electrons. The molecule has 6 atom stereocenters. The fourth-order valence-electron chi connectivity index (χ4n) is 7.08. The fourth-order valence-corrected chi connectivity index (χ4v) is 7.08. The van der Waals surface area contributed by atoms with Crippen LogP contribution < -0.4 is 0 Å². The predicted molar refractivity (Wildman–Crippen MR) is 128 cm³/mol. The molecule has 1 saturated heterocycles. The molecule has 0 aromatic heterocycles.